The van der Waals surface area contributed by atoms with Crippen LogP contribution in [0.5, 0.6) is 5.75 Å². The van der Waals surface area contributed by atoms with Crippen LogP contribution in [0.3, 0.4) is 0 Å². The lowest BCUT2D eigenvalue weighted by atomic mass is 10.0. The van der Waals surface area contributed by atoms with E-state index in [0.717, 1.165) is 69.0 Å². The van der Waals surface area contributed by atoms with Crippen LogP contribution < -0.4 is 25.8 Å². The molecule has 3 aliphatic heterocycles. The molecule has 6 heterocycles. The van der Waals surface area contributed by atoms with Gasteiger partial charge in [0, 0.05) is 69.8 Å². The van der Waals surface area contributed by atoms with E-state index >= 15 is 0 Å². The fourth-order valence-corrected chi connectivity index (χ4v) is 8.54. The molecule has 0 bridgehead atoms. The topological polar surface area (TPSA) is 198 Å². The molecule has 1 aliphatic carbocycles. The zero-order chi connectivity index (χ0) is 41.2. The Labute approximate surface area is 340 Å². The molecule has 2 saturated heterocycles. The van der Waals surface area contributed by atoms with Gasteiger partial charge in [-0.15, -0.1) is 0 Å². The van der Waals surface area contributed by atoms with E-state index in [4.69, 9.17) is 14.5 Å². The number of nitrogens with zero attached hydrogens (tertiary/aromatic N) is 7. The SMILES string of the molecule is CC(=O)c1c(C)c2cnc(Nc3ccc(N4CCN(CCOCCCOc5cccc6c5C(=O)N(C5CCC(=O)NC5=O)C6=O)CC4)cn3)nc2n(C2CCCC2)c1=O. The average Bonchev–Trinajstić information content (AvgIpc) is 3.84. The Hall–Kier alpha value is -6.07. The molecule has 8 rings (SSSR count). The summed E-state index contributed by atoms with van der Waals surface area (Å²) in [7, 11) is 0. The van der Waals surface area contributed by atoms with Crippen molar-refractivity contribution in [2.24, 2.45) is 0 Å². The molecule has 2 N–H and O–H groups in total. The first-order chi connectivity index (χ1) is 28.6. The van der Waals surface area contributed by atoms with E-state index in [1.807, 2.05) is 18.3 Å². The maximum Gasteiger partial charge on any atom is 0.266 e. The Morgan fingerprint density at radius 1 is 0.915 bits per heavy atom. The summed E-state index contributed by atoms with van der Waals surface area (Å²) in [6.45, 7) is 8.69. The predicted molar refractivity (Wildman–Crippen MR) is 216 cm³/mol. The number of piperazine rings is 1. The van der Waals surface area contributed by atoms with Gasteiger partial charge >= 0.3 is 0 Å². The van der Waals surface area contributed by atoms with Gasteiger partial charge in [-0.1, -0.05) is 18.9 Å². The molecule has 17 heteroatoms. The van der Waals surface area contributed by atoms with Gasteiger partial charge in [0.05, 0.1) is 41.8 Å². The van der Waals surface area contributed by atoms with E-state index < -0.39 is 29.7 Å². The highest BCUT2D eigenvalue weighted by atomic mass is 16.5. The second-order valence-electron chi connectivity index (χ2n) is 15.4. The Bertz CT molecular complexity index is 2370. The maximum atomic E-state index is 13.5. The second-order valence-corrected chi connectivity index (χ2v) is 15.4. The maximum absolute atomic E-state index is 13.5. The smallest absolute Gasteiger partial charge is 0.266 e. The van der Waals surface area contributed by atoms with E-state index in [-0.39, 0.29) is 59.3 Å². The lowest BCUT2D eigenvalue weighted by molar-refractivity contribution is -0.136. The quantitative estimate of drug-likeness (QED) is 0.107. The van der Waals surface area contributed by atoms with Crippen LogP contribution in [0.2, 0.25) is 0 Å². The van der Waals surface area contributed by atoms with E-state index in [0.29, 0.717) is 48.0 Å². The number of carbonyl (C=O) groups is 5. The van der Waals surface area contributed by atoms with E-state index in [1.54, 1.807) is 29.8 Å². The van der Waals surface area contributed by atoms with Crippen LogP contribution in [0.15, 0.2) is 47.5 Å². The number of imide groups is 2. The van der Waals surface area contributed by atoms with E-state index in [1.165, 1.54) is 13.0 Å². The number of aromatic nitrogens is 4. The van der Waals surface area contributed by atoms with Gasteiger partial charge in [-0.25, -0.2) is 9.97 Å². The lowest BCUT2D eigenvalue weighted by Gasteiger charge is -2.35. The number of rotatable bonds is 14. The van der Waals surface area contributed by atoms with Crippen LogP contribution in [0.1, 0.15) is 94.5 Å². The highest BCUT2D eigenvalue weighted by molar-refractivity contribution is 6.24. The number of Topliss-reactive ketones (excluding diaryl/α,β-unsaturated/α-hetero) is 1. The summed E-state index contributed by atoms with van der Waals surface area (Å²) in [5.74, 6) is -1.31. The number of carbonyl (C=O) groups excluding carboxylic acids is 5. The van der Waals surface area contributed by atoms with Crippen LogP contribution in [-0.4, -0.2) is 117 Å². The van der Waals surface area contributed by atoms with Crippen molar-refractivity contribution in [3.8, 4) is 5.75 Å². The first-order valence-electron chi connectivity index (χ1n) is 20.3. The lowest BCUT2D eigenvalue weighted by Crippen LogP contribution is -2.54. The number of pyridine rings is 2. The Kier molecular flexibility index (Phi) is 11.5. The molecule has 17 nitrogen and oxygen atoms in total. The molecule has 1 unspecified atom stereocenters. The van der Waals surface area contributed by atoms with Crippen molar-refractivity contribution in [2.45, 2.75) is 70.9 Å². The minimum atomic E-state index is -1.03. The molecule has 1 aromatic carbocycles. The van der Waals surface area contributed by atoms with E-state index in [2.05, 4.69) is 30.4 Å². The number of aryl methyl sites for hydroxylation is 1. The molecule has 59 heavy (non-hydrogen) atoms. The molecule has 0 spiro atoms. The van der Waals surface area contributed by atoms with Gasteiger partial charge in [-0.05, 0) is 62.9 Å². The number of nitrogens with one attached hydrogen (secondary N) is 2. The van der Waals surface area contributed by atoms with Crippen molar-refractivity contribution < 1.29 is 33.4 Å². The first-order valence-corrected chi connectivity index (χ1v) is 20.3. The van der Waals surface area contributed by atoms with Crippen molar-refractivity contribution in [1.82, 2.24) is 34.6 Å². The van der Waals surface area contributed by atoms with Gasteiger partial charge in [0.25, 0.3) is 17.4 Å². The molecule has 4 aliphatic rings. The van der Waals surface area contributed by atoms with Gasteiger partial charge in [-0.2, -0.15) is 4.98 Å². The summed E-state index contributed by atoms with van der Waals surface area (Å²) in [5.41, 5.74) is 2.38. The van der Waals surface area contributed by atoms with Crippen molar-refractivity contribution in [3.05, 3.63) is 75.3 Å². The molecular weight excluding hydrogens is 759 g/mol. The third-order valence-corrected chi connectivity index (χ3v) is 11.6. The Morgan fingerprint density at radius 2 is 1.71 bits per heavy atom. The highest BCUT2D eigenvalue weighted by Crippen LogP contribution is 2.34. The van der Waals surface area contributed by atoms with Gasteiger partial charge in [0.2, 0.25) is 17.8 Å². The zero-order valence-electron chi connectivity index (χ0n) is 33.2. The summed E-state index contributed by atoms with van der Waals surface area (Å²) in [4.78, 5) is 95.8. The van der Waals surface area contributed by atoms with Crippen LogP contribution in [0.4, 0.5) is 17.5 Å². The molecule has 308 valence electrons. The summed E-state index contributed by atoms with van der Waals surface area (Å²) in [5, 5.41) is 6.09. The second kappa shape index (κ2) is 17.0. The first kappa shape index (κ1) is 39.7. The average molecular weight is 806 g/mol. The van der Waals surface area contributed by atoms with Crippen LogP contribution in [0.25, 0.3) is 11.0 Å². The monoisotopic (exact) mass is 805 g/mol. The minimum Gasteiger partial charge on any atom is -0.493 e. The molecule has 0 radical (unpaired) electrons. The Balaban J connectivity index is 0.775. The number of fused-ring (bicyclic) bond motifs is 2. The molecule has 1 saturated carbocycles. The number of anilines is 3. The molecular formula is C42H47N9O8. The Morgan fingerprint density at radius 3 is 2.44 bits per heavy atom. The number of ether oxygens (including phenoxy) is 2. The number of hydrogen-bond acceptors (Lipinski definition) is 14. The van der Waals surface area contributed by atoms with Crippen molar-refractivity contribution in [2.75, 3.05) is 62.8 Å². The fraction of sp³-hybridized carbons (Fsp3) is 0.452. The molecule has 3 aromatic heterocycles. The van der Waals surface area contributed by atoms with Crippen LogP contribution in [-0.2, 0) is 14.3 Å². The summed E-state index contributed by atoms with van der Waals surface area (Å²) in [6.07, 6.45) is 8.03. The molecule has 4 amide bonds. The standard InChI is InChI=1S/C42H47N9O8/c1-25-30-24-44-42(47-37(30)50(27-7-3-4-8-27)40(56)35(25)26(2)52)45-33-13-11-28(23-43-33)49-17-15-48(16-18-49)19-22-58-20-6-21-59-32-10-5-9-29-36(32)41(57)51(39(29)55)31-12-14-34(53)46-38(31)54/h5,9-11,13,23-24,27,31H,3-4,6-8,12,14-22H2,1-2H3,(H,46,53,54)(H,43,44,45,47). The zero-order valence-corrected chi connectivity index (χ0v) is 33.2. The third-order valence-electron chi connectivity index (χ3n) is 11.6. The van der Waals surface area contributed by atoms with Crippen molar-refractivity contribution in [3.63, 3.8) is 0 Å². The largest absolute Gasteiger partial charge is 0.493 e. The number of benzene rings is 1. The van der Waals surface area contributed by atoms with Gasteiger partial charge in [-0.3, -0.25) is 48.5 Å². The number of piperidine rings is 1. The molecule has 3 fully saturated rings. The highest BCUT2D eigenvalue weighted by Gasteiger charge is 2.46. The summed E-state index contributed by atoms with van der Waals surface area (Å²) < 4.78 is 13.5. The number of hydrogen-bond donors (Lipinski definition) is 2. The van der Waals surface area contributed by atoms with E-state index in [9.17, 15) is 28.8 Å². The predicted octanol–water partition coefficient (Wildman–Crippen LogP) is 3.57. The molecule has 1 atom stereocenters. The normalized spacial score (nSPS) is 18.8. The molecule has 4 aromatic rings. The summed E-state index contributed by atoms with van der Waals surface area (Å²) in [6, 6.07) is 7.68. The number of ketones is 1. The van der Waals surface area contributed by atoms with Gasteiger partial charge < -0.3 is 19.7 Å². The van der Waals surface area contributed by atoms with Crippen LogP contribution >= 0.6 is 0 Å². The van der Waals surface area contributed by atoms with Gasteiger partial charge in [0.1, 0.15) is 23.3 Å². The van der Waals surface area contributed by atoms with Crippen molar-refractivity contribution >= 4 is 57.9 Å². The van der Waals surface area contributed by atoms with Crippen molar-refractivity contribution in [1.29, 1.82) is 0 Å². The fourth-order valence-electron chi connectivity index (χ4n) is 8.54. The van der Waals surface area contributed by atoms with Gasteiger partial charge in [0.15, 0.2) is 5.78 Å². The minimum absolute atomic E-state index is 0.000358. The number of amides is 4. The van der Waals surface area contributed by atoms with Crippen LogP contribution in [0, 0.1) is 6.92 Å². The third kappa shape index (κ3) is 8.04. The summed E-state index contributed by atoms with van der Waals surface area (Å²) >= 11 is 0.